The molecule has 5 aliphatic heterocycles. The fraction of sp³-hybridized carbons (Fsp3) is 0.319. The van der Waals surface area contributed by atoms with Gasteiger partial charge in [0.05, 0.1) is 29.9 Å². The number of rotatable bonds is 33. The third-order valence-corrected chi connectivity index (χ3v) is 28.0. The highest BCUT2D eigenvalue weighted by Crippen LogP contribution is 2.37. The first-order chi connectivity index (χ1) is 70.9. The van der Waals surface area contributed by atoms with Gasteiger partial charge in [-0.15, -0.1) is 10.2 Å². The molecular weight excluding hydrogens is 1790 g/mol. The van der Waals surface area contributed by atoms with Crippen LogP contribution in [0.15, 0.2) is 290 Å². The second-order valence-electron chi connectivity index (χ2n) is 38.6. The first-order valence-electron chi connectivity index (χ1n) is 51.6. The molecule has 0 aliphatic carbocycles. The number of pyridine rings is 4. The average Bonchev–Trinajstić information content (AvgIpc) is 1.54. The van der Waals surface area contributed by atoms with Crippen molar-refractivity contribution in [1.29, 1.82) is 0 Å². The van der Waals surface area contributed by atoms with Crippen LogP contribution in [0.2, 0.25) is 0 Å². The van der Waals surface area contributed by atoms with E-state index < -0.39 is 0 Å². The lowest BCUT2D eigenvalue weighted by Crippen LogP contribution is -2.25. The molecule has 734 valence electrons. The van der Waals surface area contributed by atoms with Gasteiger partial charge in [-0.2, -0.15) is 20.4 Å². The van der Waals surface area contributed by atoms with E-state index in [1.807, 2.05) is 145 Å². The average molecular weight is 1920 g/mol. The number of aryl methyl sites for hydroxylation is 5. The number of carbonyl (C=O) groups is 1. The summed E-state index contributed by atoms with van der Waals surface area (Å²) in [7, 11) is 3.07. The molecule has 25 heteroatoms. The maximum Gasteiger partial charge on any atom is 0.277 e. The summed E-state index contributed by atoms with van der Waals surface area (Å²) in [5.74, 6) is 5.61. The molecule has 1 amide bonds. The number of amides is 1. The normalized spacial score (nSPS) is 14.4. The Bertz CT molecular complexity index is 7290. The molecular formula is C119H128N20O5. The quantitative estimate of drug-likeness (QED) is 0.0376. The first kappa shape index (κ1) is 96.9. The Hall–Kier alpha value is -14.6. The zero-order valence-electron chi connectivity index (χ0n) is 83.0. The SMILES string of the molecule is CON(C)C(=O)c1cccc(-c2cccc3nc(Cc4ccc(CCCN5CCCC5)cc4)nn23)c1.Cc1cc(-c2ccc3c(c2)OCCO3)n2nc(Cc3ccc(CCCN4CCCC4)cc3)nc2c1.NCc1cccc(-c2cccc3nc(Cc4ccc(CCCN5CCCC5)cc4)nn23)c1.c1ccc(-c2nnc(-c3cccc(-c4cccc5nc(Cc6ccc(CCCN7CCCC7)cc6)nn45)c3)o2)cc1. The van der Waals surface area contributed by atoms with Gasteiger partial charge in [0.2, 0.25) is 11.8 Å². The first-order valence-corrected chi connectivity index (χ1v) is 51.6. The maximum atomic E-state index is 12.5. The number of benzene rings is 9. The second-order valence-corrected chi connectivity index (χ2v) is 38.6. The topological polar surface area (TPSA) is 247 Å². The molecule has 2 N–H and O–H groups in total. The summed E-state index contributed by atoms with van der Waals surface area (Å²) < 4.78 is 25.1. The smallest absolute Gasteiger partial charge is 0.277 e. The lowest BCUT2D eigenvalue weighted by Gasteiger charge is -2.19. The van der Waals surface area contributed by atoms with E-state index >= 15 is 0 Å². The van der Waals surface area contributed by atoms with E-state index in [1.165, 1.54) is 212 Å². The Labute approximate surface area is 842 Å². The van der Waals surface area contributed by atoms with Crippen LogP contribution in [0.25, 0.3) is 90.5 Å². The highest BCUT2D eigenvalue weighted by Gasteiger charge is 2.24. The summed E-state index contributed by atoms with van der Waals surface area (Å²) in [4.78, 5) is 47.1. The maximum absolute atomic E-state index is 12.5. The number of nitrogens with two attached hydrogens (primary N) is 1. The molecule has 9 aromatic heterocycles. The van der Waals surface area contributed by atoms with Gasteiger partial charge in [-0.1, -0.05) is 176 Å². The fourth-order valence-electron chi connectivity index (χ4n) is 20.2. The van der Waals surface area contributed by atoms with Crippen molar-refractivity contribution in [1.82, 2.24) is 93.3 Å². The van der Waals surface area contributed by atoms with Gasteiger partial charge in [0, 0.05) is 78.2 Å². The number of fused-ring (bicyclic) bond motifs is 5. The molecule has 144 heavy (non-hydrogen) atoms. The lowest BCUT2D eigenvalue weighted by atomic mass is 10.1. The van der Waals surface area contributed by atoms with E-state index in [0.717, 1.165) is 163 Å². The van der Waals surface area contributed by atoms with Crippen molar-refractivity contribution in [2.24, 2.45) is 5.73 Å². The Morgan fingerprint density at radius 3 is 1.12 bits per heavy atom. The monoisotopic (exact) mass is 1920 g/mol. The van der Waals surface area contributed by atoms with Crippen molar-refractivity contribution < 1.29 is 23.5 Å². The molecule has 9 aromatic carbocycles. The van der Waals surface area contributed by atoms with Crippen LogP contribution in [0.5, 0.6) is 11.5 Å². The molecule has 4 saturated heterocycles. The van der Waals surface area contributed by atoms with Gasteiger partial charge < -0.3 is 39.2 Å². The Balaban J connectivity index is 0.000000118. The van der Waals surface area contributed by atoms with Gasteiger partial charge in [-0.25, -0.2) is 43.1 Å². The minimum Gasteiger partial charge on any atom is -0.486 e. The molecule has 25 nitrogen and oxygen atoms in total. The highest BCUT2D eigenvalue weighted by atomic mass is 16.7. The highest BCUT2D eigenvalue weighted by molar-refractivity contribution is 5.94. The number of aromatic nitrogens is 14. The molecule has 0 saturated carbocycles. The van der Waals surface area contributed by atoms with Crippen LogP contribution in [0, 0.1) is 6.92 Å². The van der Waals surface area contributed by atoms with Crippen molar-refractivity contribution in [3.05, 3.63) is 370 Å². The van der Waals surface area contributed by atoms with Crippen molar-refractivity contribution in [2.45, 2.75) is 142 Å². The van der Waals surface area contributed by atoms with Gasteiger partial charge >= 0.3 is 0 Å². The van der Waals surface area contributed by atoms with Crippen LogP contribution in [-0.2, 0) is 62.7 Å². The van der Waals surface area contributed by atoms with E-state index in [-0.39, 0.29) is 5.91 Å². The van der Waals surface area contributed by atoms with Crippen molar-refractivity contribution >= 4 is 28.5 Å². The summed E-state index contributed by atoms with van der Waals surface area (Å²) in [5.41, 5.74) is 32.2. The summed E-state index contributed by atoms with van der Waals surface area (Å²) in [6.07, 6.45) is 23.1. The largest absolute Gasteiger partial charge is 0.486 e. The van der Waals surface area contributed by atoms with Crippen LogP contribution in [-0.4, -0.2) is 205 Å². The van der Waals surface area contributed by atoms with Gasteiger partial charge in [0.1, 0.15) is 13.2 Å². The van der Waals surface area contributed by atoms with E-state index in [0.29, 0.717) is 49.9 Å². The summed E-state index contributed by atoms with van der Waals surface area (Å²) in [6, 6.07) is 97.9. The molecule has 23 rings (SSSR count). The molecule has 0 bridgehead atoms. The number of nitrogens with zero attached hydrogens (tertiary/aromatic N) is 19. The van der Waals surface area contributed by atoms with Crippen LogP contribution in [0.3, 0.4) is 0 Å². The molecule has 5 aliphatic rings. The number of likely N-dealkylation sites (tertiary alicyclic amines) is 4. The van der Waals surface area contributed by atoms with Crippen molar-refractivity contribution in [3.63, 3.8) is 0 Å². The van der Waals surface area contributed by atoms with E-state index in [1.54, 1.807) is 13.1 Å². The van der Waals surface area contributed by atoms with Gasteiger partial charge in [0.15, 0.2) is 57.4 Å². The standard InChI is InChI=1S/C34H32N6O.C29H33N5O2.C29H32N4O2.C27H31N5/c1-2-10-27(11-3-1)33-36-37-34(41-33)29-13-6-12-28(24-29)30-14-7-15-32-35-31(38-40(30)32)23-26-18-16-25(17-19-26)9-8-22-39-20-4-5-21-39;1-32(36-2)29(35)25-10-5-9-24(21-25)26-11-6-12-28-30-27(31-34(26)28)20-23-15-13-22(14-16-23)8-7-19-33-17-3-4-18-33;1-21-17-25(24-10-11-26-27(20-24)35-16-15-34-26)33-29(18-21)30-28(31-33)19-23-8-6-22(7-9-23)5-4-14-32-12-2-3-13-32;28-20-23-6-3-8-24(18-23)25-9-4-10-27-29-26(30-32(25)27)19-22-13-11-21(12-14-22)7-5-17-31-15-1-2-16-31/h1-3,6-7,10-19,24H,4-5,8-9,20-23H2;5-6,9-16,21H,3-4,7-8,17-20H2,1-2H3;6-11,17-18,20H,2-5,12-16,19H2,1H3;3-4,6,8-14,18H,1-2,5,7,15-17,19-20,28H2. The van der Waals surface area contributed by atoms with Crippen LogP contribution < -0.4 is 15.2 Å². The van der Waals surface area contributed by atoms with Crippen LogP contribution in [0.1, 0.15) is 166 Å². The molecule has 0 atom stereocenters. The summed E-state index contributed by atoms with van der Waals surface area (Å²) in [5, 5.41) is 29.2. The van der Waals surface area contributed by atoms with E-state index in [9.17, 15) is 4.79 Å². The summed E-state index contributed by atoms with van der Waals surface area (Å²) >= 11 is 0. The Morgan fingerprint density at radius 2 is 0.688 bits per heavy atom. The second kappa shape index (κ2) is 47.1. The number of hydrogen-bond donors (Lipinski definition) is 1. The molecule has 0 unspecified atom stereocenters. The van der Waals surface area contributed by atoms with Gasteiger partial charge in [-0.05, 0) is 353 Å². The molecule has 18 aromatic rings. The van der Waals surface area contributed by atoms with Crippen molar-refractivity contribution in [2.75, 3.05) is 106 Å². The predicted molar refractivity (Wildman–Crippen MR) is 568 cm³/mol. The number of carbonyl (C=O) groups excluding carboxylic acids is 1. The Morgan fingerprint density at radius 1 is 0.333 bits per heavy atom. The zero-order chi connectivity index (χ0) is 97.7. The van der Waals surface area contributed by atoms with Crippen LogP contribution >= 0.6 is 0 Å². The predicted octanol–water partition coefficient (Wildman–Crippen LogP) is 21.0. The van der Waals surface area contributed by atoms with E-state index in [2.05, 4.69) is 188 Å². The summed E-state index contributed by atoms with van der Waals surface area (Å²) in [6.45, 7) is 18.8. The van der Waals surface area contributed by atoms with Crippen LogP contribution in [0.4, 0.5) is 0 Å². The van der Waals surface area contributed by atoms with E-state index in [4.69, 9.17) is 64.8 Å². The number of ether oxygens (including phenoxy) is 2. The molecule has 14 heterocycles. The molecule has 4 fully saturated rings. The lowest BCUT2D eigenvalue weighted by molar-refractivity contribution is -0.0756. The fourth-order valence-corrected chi connectivity index (χ4v) is 20.2. The molecule has 0 spiro atoms. The van der Waals surface area contributed by atoms with Gasteiger partial charge in [0.25, 0.3) is 5.91 Å². The van der Waals surface area contributed by atoms with Gasteiger partial charge in [-0.3, -0.25) is 9.63 Å². The minimum atomic E-state index is -0.203. The number of hydroxylamine groups is 2. The third-order valence-electron chi connectivity index (χ3n) is 28.0. The third kappa shape index (κ3) is 24.8. The number of hydrogen-bond acceptors (Lipinski definition) is 20. The Kier molecular flexibility index (Phi) is 31.7. The zero-order valence-corrected chi connectivity index (χ0v) is 83.0. The minimum absolute atomic E-state index is 0.203. The molecule has 0 radical (unpaired) electrons. The van der Waals surface area contributed by atoms with Crippen molar-refractivity contribution in [3.8, 4) is 79.4 Å².